The zero-order valence-corrected chi connectivity index (χ0v) is 6.89. The normalized spacial score (nSPS) is 10.4. The molecule has 0 saturated carbocycles. The van der Waals surface area contributed by atoms with Crippen molar-refractivity contribution < 1.29 is 4.43 Å². The molecular formula is C7H13OSi. The first-order valence-corrected chi connectivity index (χ1v) is 3.80. The fourth-order valence-corrected chi connectivity index (χ4v) is 0.725. The number of hydrogen-bond acceptors (Lipinski definition) is 1. The Hall–Kier alpha value is -0.243. The van der Waals surface area contributed by atoms with Gasteiger partial charge in [-0.3, -0.25) is 0 Å². The van der Waals surface area contributed by atoms with Gasteiger partial charge >= 0.3 is 10.5 Å². The highest BCUT2D eigenvalue weighted by Gasteiger charge is 1.79. The van der Waals surface area contributed by atoms with Crippen molar-refractivity contribution in [2.24, 2.45) is 0 Å². The fraction of sp³-hybridized carbons (Fsp3) is 0.714. The van der Waals surface area contributed by atoms with Crippen LogP contribution in [0.2, 0.25) is 0 Å². The molecule has 0 rings (SSSR count). The van der Waals surface area contributed by atoms with E-state index >= 15 is 0 Å². The van der Waals surface area contributed by atoms with Crippen molar-refractivity contribution in [2.75, 3.05) is 0 Å². The molecule has 0 heterocycles. The smallest absolute Gasteiger partial charge is 0.340 e. The van der Waals surface area contributed by atoms with Gasteiger partial charge in [-0.1, -0.05) is 25.8 Å². The summed E-state index contributed by atoms with van der Waals surface area (Å²) < 4.78 is 4.55. The highest BCUT2D eigenvalue weighted by atomic mass is 28.2. The predicted molar refractivity (Wildman–Crippen MR) is 40.1 cm³/mol. The minimum Gasteiger partial charge on any atom is -0.546 e. The van der Waals surface area contributed by atoms with Gasteiger partial charge in [-0.25, -0.2) is 0 Å². The molecule has 3 radical (unpaired) electrons. The summed E-state index contributed by atoms with van der Waals surface area (Å²) in [5.74, 6) is 0. The van der Waals surface area contributed by atoms with Crippen LogP contribution in [0.4, 0.5) is 0 Å². The summed E-state index contributed by atoms with van der Waals surface area (Å²) >= 11 is 0. The van der Waals surface area contributed by atoms with E-state index < -0.39 is 0 Å². The van der Waals surface area contributed by atoms with Gasteiger partial charge in [-0.05, 0) is 12.8 Å². The van der Waals surface area contributed by atoms with Gasteiger partial charge in [0, 0.05) is 0 Å². The number of unbranched alkanes of at least 4 members (excludes halogenated alkanes) is 3. The molecule has 0 aliphatic heterocycles. The van der Waals surface area contributed by atoms with Gasteiger partial charge in [0.05, 0.1) is 6.26 Å². The van der Waals surface area contributed by atoms with Crippen molar-refractivity contribution in [3.05, 3.63) is 12.3 Å². The molecule has 0 aromatic heterocycles. The van der Waals surface area contributed by atoms with Gasteiger partial charge in [0.25, 0.3) is 0 Å². The van der Waals surface area contributed by atoms with Crippen molar-refractivity contribution in [3.8, 4) is 0 Å². The SMILES string of the molecule is CCCCC/C=C/O[Si]. The molecule has 0 bridgehead atoms. The Morgan fingerprint density at radius 3 is 2.78 bits per heavy atom. The first-order valence-electron chi connectivity index (χ1n) is 3.39. The van der Waals surface area contributed by atoms with Crippen LogP contribution in [0.15, 0.2) is 12.3 Å². The predicted octanol–water partition coefficient (Wildman–Crippen LogP) is 2.18. The molecule has 9 heavy (non-hydrogen) atoms. The average molecular weight is 141 g/mol. The van der Waals surface area contributed by atoms with E-state index in [0.29, 0.717) is 0 Å². The van der Waals surface area contributed by atoms with E-state index in [9.17, 15) is 0 Å². The molecule has 0 aromatic rings. The molecule has 0 atom stereocenters. The Morgan fingerprint density at radius 2 is 2.22 bits per heavy atom. The van der Waals surface area contributed by atoms with Crippen LogP contribution in [-0.4, -0.2) is 10.5 Å². The zero-order chi connectivity index (χ0) is 6.95. The van der Waals surface area contributed by atoms with Crippen LogP contribution in [0.1, 0.15) is 32.6 Å². The summed E-state index contributed by atoms with van der Waals surface area (Å²) in [6, 6.07) is 0. The van der Waals surface area contributed by atoms with Crippen molar-refractivity contribution in [1.29, 1.82) is 0 Å². The Labute approximate surface area is 60.6 Å². The first-order chi connectivity index (χ1) is 4.41. The highest BCUT2D eigenvalue weighted by Crippen LogP contribution is 1.98. The first kappa shape index (κ1) is 8.76. The second-order valence-electron chi connectivity index (χ2n) is 1.99. The van der Waals surface area contributed by atoms with Crippen LogP contribution in [-0.2, 0) is 4.43 Å². The number of hydrogen-bond donors (Lipinski definition) is 0. The topological polar surface area (TPSA) is 9.23 Å². The summed E-state index contributed by atoms with van der Waals surface area (Å²) in [6.45, 7) is 2.20. The Balaban J connectivity index is 2.82. The molecule has 0 N–H and O–H groups in total. The van der Waals surface area contributed by atoms with Crippen LogP contribution < -0.4 is 0 Å². The van der Waals surface area contributed by atoms with E-state index in [2.05, 4.69) is 21.8 Å². The van der Waals surface area contributed by atoms with E-state index in [4.69, 9.17) is 0 Å². The maximum Gasteiger partial charge on any atom is 0.340 e. The van der Waals surface area contributed by atoms with Crippen LogP contribution in [0, 0.1) is 0 Å². The van der Waals surface area contributed by atoms with Gasteiger partial charge in [-0.2, -0.15) is 0 Å². The second-order valence-corrected chi connectivity index (χ2v) is 2.22. The van der Waals surface area contributed by atoms with E-state index in [1.165, 1.54) is 19.3 Å². The Bertz CT molecular complexity index is 71.3. The Morgan fingerprint density at radius 1 is 1.44 bits per heavy atom. The third kappa shape index (κ3) is 7.76. The van der Waals surface area contributed by atoms with Gasteiger partial charge in [0.2, 0.25) is 0 Å². The molecule has 0 aliphatic carbocycles. The third-order valence-electron chi connectivity index (χ3n) is 1.14. The monoisotopic (exact) mass is 141 g/mol. The lowest BCUT2D eigenvalue weighted by molar-refractivity contribution is 0.530. The van der Waals surface area contributed by atoms with E-state index in [-0.39, 0.29) is 0 Å². The largest absolute Gasteiger partial charge is 0.546 e. The van der Waals surface area contributed by atoms with Gasteiger partial charge in [0.1, 0.15) is 0 Å². The summed E-state index contributed by atoms with van der Waals surface area (Å²) in [7, 11) is 2.87. The molecule has 51 valence electrons. The summed E-state index contributed by atoms with van der Waals surface area (Å²) in [5.41, 5.74) is 0. The molecule has 0 aliphatic rings. The number of allylic oxidation sites excluding steroid dienone is 1. The van der Waals surface area contributed by atoms with E-state index in [1.54, 1.807) is 6.26 Å². The van der Waals surface area contributed by atoms with Crippen LogP contribution in [0.25, 0.3) is 0 Å². The average Bonchev–Trinajstić information content (AvgIpc) is 1.89. The molecule has 0 aromatic carbocycles. The molecular weight excluding hydrogens is 128 g/mol. The molecule has 0 unspecified atom stereocenters. The van der Waals surface area contributed by atoms with Crippen molar-refractivity contribution in [2.45, 2.75) is 32.6 Å². The van der Waals surface area contributed by atoms with Crippen molar-refractivity contribution in [3.63, 3.8) is 0 Å². The highest BCUT2D eigenvalue weighted by molar-refractivity contribution is 5.98. The standard InChI is InChI=1S/C7H13OSi/c1-2-3-4-5-6-7-8-9/h6-7H,2-5H2,1H3/b7-6+. The number of rotatable bonds is 5. The molecule has 0 spiro atoms. The maximum absolute atomic E-state index is 4.55. The molecule has 2 heteroatoms. The molecule has 1 nitrogen and oxygen atoms in total. The maximum atomic E-state index is 4.55. The lowest BCUT2D eigenvalue weighted by Gasteiger charge is -1.90. The van der Waals surface area contributed by atoms with Crippen LogP contribution >= 0.6 is 0 Å². The Kier molecular flexibility index (Phi) is 7.55. The van der Waals surface area contributed by atoms with Crippen LogP contribution in [0.5, 0.6) is 0 Å². The quantitative estimate of drug-likeness (QED) is 0.324. The minimum atomic E-state index is 1.12. The molecule has 0 fully saturated rings. The molecule has 0 amide bonds. The van der Waals surface area contributed by atoms with E-state index in [0.717, 1.165) is 6.42 Å². The van der Waals surface area contributed by atoms with E-state index in [1.807, 2.05) is 6.08 Å². The second kappa shape index (κ2) is 7.76. The van der Waals surface area contributed by atoms with Gasteiger partial charge in [-0.15, -0.1) is 0 Å². The van der Waals surface area contributed by atoms with Gasteiger partial charge < -0.3 is 4.43 Å². The summed E-state index contributed by atoms with van der Waals surface area (Å²) in [5, 5.41) is 0. The van der Waals surface area contributed by atoms with Crippen LogP contribution in [0.3, 0.4) is 0 Å². The fourth-order valence-electron chi connectivity index (χ4n) is 0.628. The van der Waals surface area contributed by atoms with Crippen molar-refractivity contribution in [1.82, 2.24) is 0 Å². The third-order valence-corrected chi connectivity index (χ3v) is 1.27. The molecule has 0 saturated heterocycles. The summed E-state index contributed by atoms with van der Waals surface area (Å²) in [4.78, 5) is 0. The minimum absolute atomic E-state index is 1.12. The zero-order valence-electron chi connectivity index (χ0n) is 5.89. The lowest BCUT2D eigenvalue weighted by Crippen LogP contribution is -1.72. The lowest BCUT2D eigenvalue weighted by atomic mass is 10.2. The summed E-state index contributed by atoms with van der Waals surface area (Å²) in [6.07, 6.45) is 8.66. The van der Waals surface area contributed by atoms with Gasteiger partial charge in [0.15, 0.2) is 0 Å². The van der Waals surface area contributed by atoms with Crippen molar-refractivity contribution >= 4 is 10.5 Å².